The average Bonchev–Trinajstić information content (AvgIpc) is 2.54. The maximum absolute atomic E-state index is 9.23. The molecule has 0 bridgehead atoms. The van der Waals surface area contributed by atoms with Crippen molar-refractivity contribution in [2.24, 2.45) is 16.8 Å². The predicted octanol–water partition coefficient (Wildman–Crippen LogP) is 3.14. The highest BCUT2D eigenvalue weighted by atomic mass is 16.3. The van der Waals surface area contributed by atoms with E-state index in [1.165, 1.54) is 11.1 Å². The van der Waals surface area contributed by atoms with Crippen LogP contribution < -0.4 is 10.6 Å². The van der Waals surface area contributed by atoms with Gasteiger partial charge in [0.25, 0.3) is 0 Å². The number of aliphatic imine (C=N–C) groups is 1. The molecule has 1 aromatic carbocycles. The molecule has 3 N–H and O–H groups in total. The van der Waals surface area contributed by atoms with Crippen LogP contribution in [0.2, 0.25) is 0 Å². The lowest BCUT2D eigenvalue weighted by Gasteiger charge is -2.17. The largest absolute Gasteiger partial charge is 0.396 e. The first-order chi connectivity index (χ1) is 11.5. The van der Waals surface area contributed by atoms with E-state index in [0.717, 1.165) is 44.9 Å². The smallest absolute Gasteiger partial charge is 0.191 e. The molecule has 0 aliphatic rings. The number of nitrogens with one attached hydrogen (secondary N) is 2. The van der Waals surface area contributed by atoms with Gasteiger partial charge in [-0.1, -0.05) is 43.7 Å². The zero-order valence-corrected chi connectivity index (χ0v) is 15.8. The molecule has 0 saturated carbocycles. The number of nitrogens with zero attached hydrogens (tertiary/aromatic N) is 1. The third-order valence-corrected chi connectivity index (χ3v) is 4.02. The lowest BCUT2D eigenvalue weighted by Crippen LogP contribution is -2.38. The van der Waals surface area contributed by atoms with Crippen LogP contribution >= 0.6 is 0 Å². The summed E-state index contributed by atoms with van der Waals surface area (Å²) in [5.41, 5.74) is 2.63. The van der Waals surface area contributed by atoms with E-state index in [1.807, 2.05) is 0 Å². The number of benzene rings is 1. The van der Waals surface area contributed by atoms with Crippen LogP contribution in [0.1, 0.15) is 44.7 Å². The molecule has 0 aromatic heterocycles. The SMILES string of the molecule is CCNC(=NCC(CCO)CC(C)C)NCCc1ccc(C)cc1. The zero-order valence-electron chi connectivity index (χ0n) is 15.8. The molecule has 1 rings (SSSR count). The summed E-state index contributed by atoms with van der Waals surface area (Å²) in [6.07, 6.45) is 2.91. The van der Waals surface area contributed by atoms with E-state index in [2.05, 4.69) is 62.6 Å². The van der Waals surface area contributed by atoms with Gasteiger partial charge in [-0.05, 0) is 50.5 Å². The molecular formula is C20H35N3O. The number of aliphatic hydroxyl groups excluding tert-OH is 1. The van der Waals surface area contributed by atoms with Gasteiger partial charge < -0.3 is 15.7 Å². The normalized spacial score (nSPS) is 13.2. The summed E-state index contributed by atoms with van der Waals surface area (Å²) >= 11 is 0. The minimum atomic E-state index is 0.240. The summed E-state index contributed by atoms with van der Waals surface area (Å²) in [6, 6.07) is 8.67. The molecule has 136 valence electrons. The molecule has 0 fully saturated rings. The van der Waals surface area contributed by atoms with Crippen LogP contribution in [0.5, 0.6) is 0 Å². The van der Waals surface area contributed by atoms with Crippen molar-refractivity contribution in [1.82, 2.24) is 10.6 Å². The van der Waals surface area contributed by atoms with Crippen molar-refractivity contribution in [1.29, 1.82) is 0 Å². The molecule has 0 heterocycles. The molecular weight excluding hydrogens is 298 g/mol. The monoisotopic (exact) mass is 333 g/mol. The maximum Gasteiger partial charge on any atom is 0.191 e. The van der Waals surface area contributed by atoms with Gasteiger partial charge in [0, 0.05) is 26.2 Å². The number of aryl methyl sites for hydroxylation is 1. The first-order valence-corrected chi connectivity index (χ1v) is 9.23. The minimum absolute atomic E-state index is 0.240. The third-order valence-electron chi connectivity index (χ3n) is 4.02. The van der Waals surface area contributed by atoms with Gasteiger partial charge in [0.05, 0.1) is 0 Å². The fourth-order valence-corrected chi connectivity index (χ4v) is 2.78. The Balaban J connectivity index is 2.49. The molecule has 1 aromatic rings. The summed E-state index contributed by atoms with van der Waals surface area (Å²) in [7, 11) is 0. The Morgan fingerprint density at radius 3 is 2.46 bits per heavy atom. The molecule has 0 spiro atoms. The fraction of sp³-hybridized carbons (Fsp3) is 0.650. The highest BCUT2D eigenvalue weighted by molar-refractivity contribution is 5.79. The second kappa shape index (κ2) is 11.9. The van der Waals surface area contributed by atoms with Crippen molar-refractivity contribution in [3.05, 3.63) is 35.4 Å². The van der Waals surface area contributed by atoms with Crippen molar-refractivity contribution in [3.63, 3.8) is 0 Å². The van der Waals surface area contributed by atoms with Gasteiger partial charge in [0.2, 0.25) is 0 Å². The van der Waals surface area contributed by atoms with Gasteiger partial charge in [-0.3, -0.25) is 4.99 Å². The highest BCUT2D eigenvalue weighted by Crippen LogP contribution is 2.15. The Morgan fingerprint density at radius 2 is 1.88 bits per heavy atom. The van der Waals surface area contributed by atoms with Crippen molar-refractivity contribution in [2.45, 2.75) is 47.0 Å². The lowest BCUT2D eigenvalue weighted by atomic mass is 9.94. The third kappa shape index (κ3) is 8.92. The standard InChI is InChI=1S/C20H35N3O/c1-5-21-20(23-15-19(11-13-24)14-16(2)3)22-12-10-18-8-6-17(4)7-9-18/h6-9,16,19,24H,5,10-15H2,1-4H3,(H2,21,22,23). The molecule has 4 heteroatoms. The van der Waals surface area contributed by atoms with Crippen LogP contribution in [0.3, 0.4) is 0 Å². The maximum atomic E-state index is 9.23. The van der Waals surface area contributed by atoms with Crippen molar-refractivity contribution in [3.8, 4) is 0 Å². The quantitative estimate of drug-likeness (QED) is 0.455. The van der Waals surface area contributed by atoms with E-state index in [-0.39, 0.29) is 6.61 Å². The van der Waals surface area contributed by atoms with Crippen LogP contribution in [0, 0.1) is 18.8 Å². The Morgan fingerprint density at radius 1 is 1.17 bits per heavy atom. The minimum Gasteiger partial charge on any atom is -0.396 e. The Labute approximate surface area is 147 Å². The summed E-state index contributed by atoms with van der Waals surface area (Å²) in [5, 5.41) is 15.9. The fourth-order valence-electron chi connectivity index (χ4n) is 2.78. The van der Waals surface area contributed by atoms with Crippen molar-refractivity contribution >= 4 is 5.96 Å². The molecule has 1 unspecified atom stereocenters. The molecule has 0 amide bonds. The Hall–Kier alpha value is -1.55. The first kappa shape index (κ1) is 20.5. The molecule has 0 radical (unpaired) electrons. The number of hydrogen-bond donors (Lipinski definition) is 3. The van der Waals surface area contributed by atoms with E-state index in [4.69, 9.17) is 4.99 Å². The van der Waals surface area contributed by atoms with Gasteiger partial charge in [-0.15, -0.1) is 0 Å². The van der Waals surface area contributed by atoms with Crippen LogP contribution in [0.4, 0.5) is 0 Å². The van der Waals surface area contributed by atoms with Crippen LogP contribution in [0.25, 0.3) is 0 Å². The van der Waals surface area contributed by atoms with E-state index < -0.39 is 0 Å². The number of aliphatic hydroxyl groups is 1. The summed E-state index contributed by atoms with van der Waals surface area (Å²) < 4.78 is 0. The van der Waals surface area contributed by atoms with Gasteiger partial charge in [0.1, 0.15) is 0 Å². The van der Waals surface area contributed by atoms with Crippen LogP contribution in [-0.2, 0) is 6.42 Å². The van der Waals surface area contributed by atoms with E-state index in [0.29, 0.717) is 11.8 Å². The van der Waals surface area contributed by atoms with E-state index >= 15 is 0 Å². The van der Waals surface area contributed by atoms with Crippen molar-refractivity contribution in [2.75, 3.05) is 26.2 Å². The summed E-state index contributed by atoms with van der Waals surface area (Å²) in [4.78, 5) is 4.71. The van der Waals surface area contributed by atoms with Gasteiger partial charge >= 0.3 is 0 Å². The van der Waals surface area contributed by atoms with Crippen LogP contribution in [-0.4, -0.2) is 37.3 Å². The molecule has 24 heavy (non-hydrogen) atoms. The molecule has 0 saturated heterocycles. The number of guanidine groups is 1. The number of hydrogen-bond acceptors (Lipinski definition) is 2. The molecule has 1 atom stereocenters. The van der Waals surface area contributed by atoms with E-state index in [1.54, 1.807) is 0 Å². The van der Waals surface area contributed by atoms with Gasteiger partial charge in [-0.2, -0.15) is 0 Å². The first-order valence-electron chi connectivity index (χ1n) is 9.23. The predicted molar refractivity (Wildman–Crippen MR) is 104 cm³/mol. The van der Waals surface area contributed by atoms with Gasteiger partial charge in [-0.25, -0.2) is 0 Å². The second-order valence-corrected chi connectivity index (χ2v) is 6.89. The summed E-state index contributed by atoms with van der Waals surface area (Å²) in [6.45, 7) is 11.4. The second-order valence-electron chi connectivity index (χ2n) is 6.89. The van der Waals surface area contributed by atoms with Crippen molar-refractivity contribution < 1.29 is 5.11 Å². The number of rotatable bonds is 10. The Bertz CT molecular complexity index is 468. The van der Waals surface area contributed by atoms with E-state index in [9.17, 15) is 5.11 Å². The zero-order chi connectivity index (χ0) is 17.8. The molecule has 0 aliphatic carbocycles. The molecule has 4 nitrogen and oxygen atoms in total. The Kier molecular flexibility index (Phi) is 10.2. The lowest BCUT2D eigenvalue weighted by molar-refractivity contribution is 0.245. The molecule has 0 aliphatic heterocycles. The van der Waals surface area contributed by atoms with Crippen LogP contribution in [0.15, 0.2) is 29.3 Å². The average molecular weight is 334 g/mol. The van der Waals surface area contributed by atoms with Gasteiger partial charge in [0.15, 0.2) is 5.96 Å². The topological polar surface area (TPSA) is 56.7 Å². The summed E-state index contributed by atoms with van der Waals surface area (Å²) in [5.74, 6) is 1.95. The highest BCUT2D eigenvalue weighted by Gasteiger charge is 2.10.